The number of nitrogens with one attached hydrogen (secondary N) is 2. The van der Waals surface area contributed by atoms with Gasteiger partial charge < -0.3 is 20.1 Å². The molecule has 7 nitrogen and oxygen atoms in total. The minimum atomic E-state index is 0. The number of hydrogen-bond donors (Lipinski definition) is 2. The third-order valence-corrected chi connectivity index (χ3v) is 3.57. The van der Waals surface area contributed by atoms with Crippen LogP contribution in [0.15, 0.2) is 35.6 Å². The maximum absolute atomic E-state index is 5.53. The van der Waals surface area contributed by atoms with Crippen molar-refractivity contribution in [3.63, 3.8) is 0 Å². The number of aromatic nitrogens is 2. The molecule has 0 aliphatic heterocycles. The van der Waals surface area contributed by atoms with Crippen molar-refractivity contribution in [3.8, 4) is 11.5 Å². The highest BCUT2D eigenvalue weighted by molar-refractivity contribution is 14.0. The van der Waals surface area contributed by atoms with Crippen LogP contribution < -0.4 is 20.1 Å². The highest BCUT2D eigenvalue weighted by Gasteiger charge is 2.06. The fourth-order valence-electron chi connectivity index (χ4n) is 2.37. The van der Waals surface area contributed by atoms with Gasteiger partial charge >= 0.3 is 0 Å². The molecule has 0 atom stereocenters. The summed E-state index contributed by atoms with van der Waals surface area (Å²) < 4.78 is 12.8. The van der Waals surface area contributed by atoms with Gasteiger partial charge in [-0.05, 0) is 38.0 Å². The lowest BCUT2D eigenvalue weighted by molar-refractivity contribution is 0.311. The van der Waals surface area contributed by atoms with Crippen LogP contribution in [-0.4, -0.2) is 43.0 Å². The van der Waals surface area contributed by atoms with Crippen molar-refractivity contribution < 1.29 is 9.47 Å². The van der Waals surface area contributed by atoms with Crippen LogP contribution in [0, 0.1) is 6.92 Å². The normalized spacial score (nSPS) is 10.8. The number of rotatable bonds is 8. The summed E-state index contributed by atoms with van der Waals surface area (Å²) in [6.07, 6.45) is 4.86. The largest absolute Gasteiger partial charge is 0.493 e. The highest BCUT2D eigenvalue weighted by atomic mass is 127. The first-order chi connectivity index (χ1) is 12.2. The molecule has 1 aromatic heterocycles. The first-order valence-electron chi connectivity index (χ1n) is 8.43. The first-order valence-corrected chi connectivity index (χ1v) is 8.43. The highest BCUT2D eigenvalue weighted by Crippen LogP contribution is 2.30. The van der Waals surface area contributed by atoms with E-state index in [0.717, 1.165) is 30.9 Å². The first kappa shape index (κ1) is 22.1. The Kier molecular flexibility index (Phi) is 9.85. The molecule has 0 aliphatic rings. The van der Waals surface area contributed by atoms with Crippen LogP contribution >= 0.6 is 24.0 Å². The second kappa shape index (κ2) is 11.6. The molecule has 2 rings (SSSR count). The van der Waals surface area contributed by atoms with Gasteiger partial charge in [0.1, 0.15) is 0 Å². The predicted molar refractivity (Wildman–Crippen MR) is 116 cm³/mol. The molecule has 0 saturated carbocycles. The van der Waals surface area contributed by atoms with Crippen LogP contribution in [0.1, 0.15) is 18.9 Å². The van der Waals surface area contributed by atoms with E-state index in [-0.39, 0.29) is 24.0 Å². The maximum atomic E-state index is 5.53. The summed E-state index contributed by atoms with van der Waals surface area (Å²) in [5, 5.41) is 10.8. The number of methoxy groups -OCH3 is 1. The summed E-state index contributed by atoms with van der Waals surface area (Å²) in [7, 11) is 3.38. The van der Waals surface area contributed by atoms with Crippen LogP contribution in [0.3, 0.4) is 0 Å². The standard InChI is InChI=1S/C18H27N5O2.HI/c1-5-25-16-8-7-15(11-17(16)24-4)22-18(19-3)20-9-6-10-23-13-14(2)12-21-23;/h7-8,11-13H,5-6,9-10H2,1-4H3,(H2,19,20,22);1H. The topological polar surface area (TPSA) is 72.7 Å². The maximum Gasteiger partial charge on any atom is 0.195 e. The monoisotopic (exact) mass is 473 g/mol. The molecule has 0 spiro atoms. The number of ether oxygens (including phenoxy) is 2. The van der Waals surface area contributed by atoms with E-state index < -0.39 is 0 Å². The Morgan fingerprint density at radius 1 is 1.31 bits per heavy atom. The molecule has 0 fully saturated rings. The zero-order valence-electron chi connectivity index (χ0n) is 15.8. The molecular formula is C18H28IN5O2. The quantitative estimate of drug-likeness (QED) is 0.267. The van der Waals surface area contributed by atoms with Crippen molar-refractivity contribution in [2.75, 3.05) is 32.6 Å². The van der Waals surface area contributed by atoms with Crippen molar-refractivity contribution in [2.45, 2.75) is 26.8 Å². The summed E-state index contributed by atoms with van der Waals surface area (Å²) in [5.74, 6) is 2.13. The van der Waals surface area contributed by atoms with Gasteiger partial charge in [-0.25, -0.2) is 0 Å². The molecule has 1 heterocycles. The molecule has 0 radical (unpaired) electrons. The molecule has 0 aliphatic carbocycles. The Hall–Kier alpha value is -1.97. The SMILES string of the molecule is CCOc1ccc(NC(=NC)NCCCn2cc(C)cn2)cc1OC.I. The number of aliphatic imine (C=N–C) groups is 1. The van der Waals surface area contributed by atoms with Gasteiger partial charge in [-0.15, -0.1) is 24.0 Å². The van der Waals surface area contributed by atoms with Crippen molar-refractivity contribution >= 4 is 35.6 Å². The van der Waals surface area contributed by atoms with Crippen molar-refractivity contribution in [2.24, 2.45) is 4.99 Å². The summed E-state index contributed by atoms with van der Waals surface area (Å²) in [4.78, 5) is 4.25. The van der Waals surface area contributed by atoms with Gasteiger partial charge in [-0.1, -0.05) is 0 Å². The van der Waals surface area contributed by atoms with E-state index >= 15 is 0 Å². The van der Waals surface area contributed by atoms with Crippen molar-refractivity contribution in [1.29, 1.82) is 0 Å². The number of anilines is 1. The third kappa shape index (κ3) is 6.74. The van der Waals surface area contributed by atoms with E-state index in [1.807, 2.05) is 49.1 Å². The second-order valence-corrected chi connectivity index (χ2v) is 5.56. The number of aryl methyl sites for hydroxylation is 2. The van der Waals surface area contributed by atoms with Gasteiger partial charge in [-0.3, -0.25) is 9.67 Å². The van der Waals surface area contributed by atoms with Gasteiger partial charge in [0.05, 0.1) is 19.9 Å². The Bertz CT molecular complexity index is 703. The van der Waals surface area contributed by atoms with Gasteiger partial charge in [-0.2, -0.15) is 5.10 Å². The van der Waals surface area contributed by atoms with Gasteiger partial charge in [0.2, 0.25) is 0 Å². The molecule has 0 amide bonds. The van der Waals surface area contributed by atoms with Crippen LogP contribution in [0.4, 0.5) is 5.69 Å². The molecule has 8 heteroatoms. The van der Waals surface area contributed by atoms with Gasteiger partial charge in [0, 0.05) is 38.1 Å². The summed E-state index contributed by atoms with van der Waals surface area (Å²) >= 11 is 0. The summed E-state index contributed by atoms with van der Waals surface area (Å²) in [6, 6.07) is 5.72. The van der Waals surface area contributed by atoms with Crippen LogP contribution in [0.25, 0.3) is 0 Å². The minimum Gasteiger partial charge on any atom is -0.493 e. The van der Waals surface area contributed by atoms with E-state index in [9.17, 15) is 0 Å². The van der Waals surface area contributed by atoms with Crippen LogP contribution in [0.5, 0.6) is 11.5 Å². The lowest BCUT2D eigenvalue weighted by Gasteiger charge is -2.14. The van der Waals surface area contributed by atoms with Crippen molar-refractivity contribution in [3.05, 3.63) is 36.2 Å². The summed E-state index contributed by atoms with van der Waals surface area (Å²) in [5.41, 5.74) is 2.06. The second-order valence-electron chi connectivity index (χ2n) is 5.56. The van der Waals surface area contributed by atoms with E-state index in [4.69, 9.17) is 9.47 Å². The molecule has 144 valence electrons. The molecule has 2 N–H and O–H groups in total. The van der Waals surface area contributed by atoms with Crippen molar-refractivity contribution in [1.82, 2.24) is 15.1 Å². The van der Waals surface area contributed by atoms with E-state index in [2.05, 4.69) is 20.7 Å². The number of halogens is 1. The molecule has 0 bridgehead atoms. The van der Waals surface area contributed by atoms with Gasteiger partial charge in [0.15, 0.2) is 17.5 Å². The fraction of sp³-hybridized carbons (Fsp3) is 0.444. The lowest BCUT2D eigenvalue weighted by atomic mass is 10.2. The lowest BCUT2D eigenvalue weighted by Crippen LogP contribution is -2.31. The van der Waals surface area contributed by atoms with Gasteiger partial charge in [0.25, 0.3) is 0 Å². The molecule has 0 saturated heterocycles. The molecule has 0 unspecified atom stereocenters. The molecule has 1 aromatic carbocycles. The third-order valence-electron chi connectivity index (χ3n) is 3.57. The fourth-order valence-corrected chi connectivity index (χ4v) is 2.37. The van der Waals surface area contributed by atoms with E-state index in [1.165, 1.54) is 5.56 Å². The van der Waals surface area contributed by atoms with E-state index in [1.54, 1.807) is 14.2 Å². The van der Waals surface area contributed by atoms with Crippen LogP contribution in [0.2, 0.25) is 0 Å². The number of nitrogens with zero attached hydrogens (tertiary/aromatic N) is 3. The zero-order chi connectivity index (χ0) is 18.1. The zero-order valence-corrected chi connectivity index (χ0v) is 18.1. The van der Waals surface area contributed by atoms with Crippen LogP contribution in [-0.2, 0) is 6.54 Å². The molecule has 26 heavy (non-hydrogen) atoms. The average molecular weight is 473 g/mol. The Balaban J connectivity index is 0.00000338. The Labute approximate surface area is 172 Å². The smallest absolute Gasteiger partial charge is 0.195 e. The Morgan fingerprint density at radius 3 is 2.73 bits per heavy atom. The van der Waals surface area contributed by atoms with E-state index in [0.29, 0.717) is 18.3 Å². The number of benzene rings is 1. The average Bonchev–Trinajstić information content (AvgIpc) is 3.04. The predicted octanol–water partition coefficient (Wildman–Crippen LogP) is 3.29. The molecular weight excluding hydrogens is 445 g/mol. The Morgan fingerprint density at radius 2 is 2.12 bits per heavy atom. The molecule has 2 aromatic rings. The minimum absolute atomic E-state index is 0. The number of guanidine groups is 1. The summed E-state index contributed by atoms with van der Waals surface area (Å²) in [6.45, 7) is 6.25. The number of hydrogen-bond acceptors (Lipinski definition) is 4.